The average molecular weight is 306 g/mol. The van der Waals surface area contributed by atoms with Crippen LogP contribution in [-0.2, 0) is 0 Å². The van der Waals surface area contributed by atoms with Crippen molar-refractivity contribution in [2.75, 3.05) is 0 Å². The SMILES string of the molecule is Cc1cc(C(=O)c2c(F)c(F)c(F)c(F)c2F)c(C)s1. The van der Waals surface area contributed by atoms with Crippen molar-refractivity contribution >= 4 is 17.1 Å². The summed E-state index contributed by atoms with van der Waals surface area (Å²) in [6, 6.07) is 1.35. The summed E-state index contributed by atoms with van der Waals surface area (Å²) in [4.78, 5) is 13.1. The van der Waals surface area contributed by atoms with Gasteiger partial charge in [0, 0.05) is 15.3 Å². The van der Waals surface area contributed by atoms with Gasteiger partial charge < -0.3 is 0 Å². The number of carbonyl (C=O) groups excluding carboxylic acids is 1. The van der Waals surface area contributed by atoms with E-state index in [4.69, 9.17) is 0 Å². The zero-order valence-electron chi connectivity index (χ0n) is 10.3. The summed E-state index contributed by atoms with van der Waals surface area (Å²) in [7, 11) is 0. The molecule has 0 saturated heterocycles. The van der Waals surface area contributed by atoms with Crippen LogP contribution in [0.5, 0.6) is 0 Å². The van der Waals surface area contributed by atoms with E-state index in [1.165, 1.54) is 24.3 Å². The highest BCUT2D eigenvalue weighted by atomic mass is 32.1. The Kier molecular flexibility index (Phi) is 3.64. The molecule has 0 aliphatic heterocycles. The van der Waals surface area contributed by atoms with E-state index in [0.717, 1.165) is 0 Å². The molecular weight excluding hydrogens is 299 g/mol. The first kappa shape index (κ1) is 14.6. The average Bonchev–Trinajstić information content (AvgIpc) is 2.73. The number of rotatable bonds is 2. The monoisotopic (exact) mass is 306 g/mol. The Hall–Kier alpha value is -1.76. The molecular formula is C13H7F5OS. The van der Waals surface area contributed by atoms with E-state index in [1.54, 1.807) is 6.92 Å². The fourth-order valence-electron chi connectivity index (χ4n) is 1.80. The van der Waals surface area contributed by atoms with Gasteiger partial charge in [0.1, 0.15) is 5.56 Å². The number of hydrogen-bond donors (Lipinski definition) is 0. The first-order valence-electron chi connectivity index (χ1n) is 5.38. The van der Waals surface area contributed by atoms with Crippen LogP contribution in [0.4, 0.5) is 22.0 Å². The Balaban J connectivity index is 2.70. The molecule has 0 N–H and O–H groups in total. The molecule has 1 heterocycles. The van der Waals surface area contributed by atoms with Crippen LogP contribution in [0.2, 0.25) is 0 Å². The topological polar surface area (TPSA) is 17.1 Å². The van der Waals surface area contributed by atoms with Gasteiger partial charge in [-0.05, 0) is 19.9 Å². The van der Waals surface area contributed by atoms with E-state index in [-0.39, 0.29) is 5.56 Å². The summed E-state index contributed by atoms with van der Waals surface area (Å²) < 4.78 is 66.1. The van der Waals surface area contributed by atoms with Crippen LogP contribution in [-0.4, -0.2) is 5.78 Å². The molecule has 1 nitrogen and oxygen atoms in total. The number of benzene rings is 1. The van der Waals surface area contributed by atoms with Gasteiger partial charge in [-0.1, -0.05) is 0 Å². The molecule has 1 aromatic carbocycles. The number of ketones is 1. The molecule has 0 bridgehead atoms. The van der Waals surface area contributed by atoms with E-state index in [2.05, 4.69) is 0 Å². The number of thiophene rings is 1. The van der Waals surface area contributed by atoms with Crippen molar-refractivity contribution in [1.82, 2.24) is 0 Å². The van der Waals surface area contributed by atoms with Crippen LogP contribution >= 0.6 is 11.3 Å². The molecule has 0 aliphatic rings. The van der Waals surface area contributed by atoms with Crippen LogP contribution in [0, 0.1) is 42.9 Å². The highest BCUT2D eigenvalue weighted by molar-refractivity contribution is 7.12. The molecule has 0 amide bonds. The lowest BCUT2D eigenvalue weighted by Crippen LogP contribution is -2.13. The second-order valence-corrected chi connectivity index (χ2v) is 5.56. The highest BCUT2D eigenvalue weighted by Gasteiger charge is 2.31. The Morgan fingerprint density at radius 1 is 0.900 bits per heavy atom. The third kappa shape index (κ3) is 2.11. The van der Waals surface area contributed by atoms with Gasteiger partial charge in [-0.3, -0.25) is 4.79 Å². The number of hydrogen-bond acceptors (Lipinski definition) is 2. The Bertz CT molecular complexity index is 691. The molecule has 0 aliphatic carbocycles. The summed E-state index contributed by atoms with van der Waals surface area (Å²) in [5, 5.41) is 0. The maximum absolute atomic E-state index is 13.5. The minimum Gasteiger partial charge on any atom is -0.288 e. The van der Waals surface area contributed by atoms with Gasteiger partial charge in [0.05, 0.1) is 0 Å². The van der Waals surface area contributed by atoms with E-state index in [1.807, 2.05) is 0 Å². The third-order valence-corrected chi connectivity index (χ3v) is 3.69. The number of halogens is 5. The molecule has 0 unspecified atom stereocenters. The van der Waals surface area contributed by atoms with Crippen molar-refractivity contribution in [2.45, 2.75) is 13.8 Å². The normalized spacial score (nSPS) is 10.9. The third-order valence-electron chi connectivity index (χ3n) is 2.72. The molecule has 20 heavy (non-hydrogen) atoms. The molecule has 0 fully saturated rings. The minimum absolute atomic E-state index is 0.0734. The van der Waals surface area contributed by atoms with Gasteiger partial charge in [-0.25, -0.2) is 22.0 Å². The lowest BCUT2D eigenvalue weighted by Gasteiger charge is -2.07. The van der Waals surface area contributed by atoms with Crippen molar-refractivity contribution < 1.29 is 26.7 Å². The second-order valence-electron chi connectivity index (χ2n) is 4.10. The fraction of sp³-hybridized carbons (Fsp3) is 0.154. The predicted molar refractivity (Wildman–Crippen MR) is 63.5 cm³/mol. The zero-order chi connectivity index (χ0) is 15.2. The molecule has 2 aromatic rings. The Morgan fingerprint density at radius 3 is 1.75 bits per heavy atom. The molecule has 0 saturated carbocycles. The van der Waals surface area contributed by atoms with E-state index in [9.17, 15) is 26.7 Å². The number of aryl methyl sites for hydroxylation is 2. The van der Waals surface area contributed by atoms with Gasteiger partial charge >= 0.3 is 0 Å². The van der Waals surface area contributed by atoms with E-state index < -0.39 is 40.4 Å². The number of carbonyl (C=O) groups is 1. The largest absolute Gasteiger partial charge is 0.288 e. The van der Waals surface area contributed by atoms with Crippen LogP contribution in [0.1, 0.15) is 25.7 Å². The lowest BCUT2D eigenvalue weighted by atomic mass is 10.0. The highest BCUT2D eigenvalue weighted by Crippen LogP contribution is 2.28. The van der Waals surface area contributed by atoms with Crippen molar-refractivity contribution in [3.63, 3.8) is 0 Å². The van der Waals surface area contributed by atoms with Gasteiger partial charge in [0.2, 0.25) is 5.82 Å². The first-order valence-corrected chi connectivity index (χ1v) is 6.20. The Morgan fingerprint density at radius 2 is 1.35 bits per heavy atom. The Labute approximate surface area is 114 Å². The zero-order valence-corrected chi connectivity index (χ0v) is 11.1. The second kappa shape index (κ2) is 4.97. The summed E-state index contributed by atoms with van der Waals surface area (Å²) in [6.07, 6.45) is 0. The summed E-state index contributed by atoms with van der Waals surface area (Å²) in [5.74, 6) is -12.0. The van der Waals surface area contributed by atoms with Gasteiger partial charge in [0.25, 0.3) is 0 Å². The summed E-state index contributed by atoms with van der Waals surface area (Å²) in [6.45, 7) is 3.18. The van der Waals surface area contributed by atoms with Gasteiger partial charge in [-0.15, -0.1) is 11.3 Å². The summed E-state index contributed by atoms with van der Waals surface area (Å²) >= 11 is 1.19. The molecule has 1 aromatic heterocycles. The smallest absolute Gasteiger partial charge is 0.200 e. The van der Waals surface area contributed by atoms with Crippen molar-refractivity contribution in [3.8, 4) is 0 Å². The first-order chi connectivity index (χ1) is 9.25. The molecule has 106 valence electrons. The van der Waals surface area contributed by atoms with Crippen molar-refractivity contribution in [2.24, 2.45) is 0 Å². The predicted octanol–water partition coefficient (Wildman–Crippen LogP) is 4.29. The maximum Gasteiger partial charge on any atom is 0.200 e. The lowest BCUT2D eigenvalue weighted by molar-refractivity contribution is 0.102. The quantitative estimate of drug-likeness (QED) is 0.350. The van der Waals surface area contributed by atoms with Crippen molar-refractivity contribution in [1.29, 1.82) is 0 Å². The van der Waals surface area contributed by atoms with Crippen LogP contribution in [0.25, 0.3) is 0 Å². The van der Waals surface area contributed by atoms with E-state index >= 15 is 0 Å². The fourth-order valence-corrected chi connectivity index (χ4v) is 2.72. The molecule has 0 radical (unpaired) electrons. The minimum atomic E-state index is -2.28. The molecule has 0 spiro atoms. The maximum atomic E-state index is 13.5. The van der Waals surface area contributed by atoms with Gasteiger partial charge in [0.15, 0.2) is 29.1 Å². The van der Waals surface area contributed by atoms with Crippen LogP contribution in [0.15, 0.2) is 6.07 Å². The van der Waals surface area contributed by atoms with Crippen LogP contribution < -0.4 is 0 Å². The molecule has 2 rings (SSSR count). The standard InChI is InChI=1S/C13H7F5OS/c1-4-3-6(5(2)20-4)13(19)7-8(14)10(16)12(18)11(17)9(7)15/h3H,1-2H3. The molecule has 7 heteroatoms. The van der Waals surface area contributed by atoms with Gasteiger partial charge in [-0.2, -0.15) is 0 Å². The molecule has 0 atom stereocenters. The van der Waals surface area contributed by atoms with Crippen LogP contribution in [0.3, 0.4) is 0 Å². The van der Waals surface area contributed by atoms with E-state index in [0.29, 0.717) is 9.75 Å². The van der Waals surface area contributed by atoms with Crippen molar-refractivity contribution in [3.05, 3.63) is 56.0 Å². The summed E-state index contributed by atoms with van der Waals surface area (Å²) in [5.41, 5.74) is -1.50.